The average molecular weight is 861 g/mol. The Kier molecular flexibility index (Phi) is 50.2. The van der Waals surface area contributed by atoms with Crippen LogP contribution in [0.2, 0.25) is 0 Å². The molecule has 0 spiro atoms. The van der Waals surface area contributed by atoms with Crippen LogP contribution >= 0.6 is 0 Å². The Bertz CT molecular complexity index is 947. The Labute approximate surface area is 357 Å². The van der Waals surface area contributed by atoms with Gasteiger partial charge in [-0.1, -0.05) is 188 Å². The largest absolute Gasteiger partial charge is 0.726 e. The van der Waals surface area contributed by atoms with Gasteiger partial charge in [0.1, 0.15) is 0 Å². The Hall–Kier alpha value is -0.340. The molecule has 0 saturated heterocycles. The molecule has 57 heavy (non-hydrogen) atoms. The topological polar surface area (TPSA) is 155 Å². The minimum Gasteiger partial charge on any atom is -0.726 e. The van der Waals surface area contributed by atoms with Gasteiger partial charge in [0.15, 0.2) is 0 Å². The molecule has 0 bridgehead atoms. The van der Waals surface area contributed by atoms with E-state index in [0.29, 0.717) is 0 Å². The summed E-state index contributed by atoms with van der Waals surface area (Å²) in [4.78, 5) is 0. The summed E-state index contributed by atoms with van der Waals surface area (Å²) >= 11 is 0. The third-order valence-corrected chi connectivity index (χ3v) is 10.7. The van der Waals surface area contributed by atoms with Crippen LogP contribution < -0.4 is 0 Å². The number of hydrogen-bond acceptors (Lipinski definition) is 6. The fraction of sp³-hybridized carbons (Fsp3) is 1.00. The molecule has 12 heteroatoms. The highest BCUT2D eigenvalue weighted by molar-refractivity contribution is 7.80. The maximum Gasteiger partial charge on any atom is 0.215 e. The second-order valence-electron chi connectivity index (χ2n) is 17.9. The van der Waals surface area contributed by atoms with Crippen molar-refractivity contribution in [3.8, 4) is 0 Å². The van der Waals surface area contributed by atoms with Crippen molar-refractivity contribution >= 4 is 20.8 Å². The highest BCUT2D eigenvalue weighted by Gasteiger charge is 2.14. The van der Waals surface area contributed by atoms with Crippen molar-refractivity contribution in [3.63, 3.8) is 0 Å². The van der Waals surface area contributed by atoms with Crippen LogP contribution in [-0.4, -0.2) is 98.4 Å². The van der Waals surface area contributed by atoms with Gasteiger partial charge in [-0.25, -0.2) is 16.8 Å². The predicted octanol–water partition coefficient (Wildman–Crippen LogP) is 13.1. The Morgan fingerprint density at radius 3 is 0.526 bits per heavy atom. The zero-order valence-corrected chi connectivity index (χ0v) is 40.9. The first-order chi connectivity index (χ1) is 26.7. The van der Waals surface area contributed by atoms with Crippen LogP contribution in [0.1, 0.15) is 240 Å². The predicted molar refractivity (Wildman–Crippen MR) is 243 cm³/mol. The molecule has 10 nitrogen and oxygen atoms in total. The number of nitrogens with zero attached hydrogens (tertiary/aromatic N) is 2. The first-order valence-electron chi connectivity index (χ1n) is 23.7. The summed E-state index contributed by atoms with van der Waals surface area (Å²) in [6.45, 7) is 14.7. The molecule has 0 fully saturated rings. The number of quaternary nitrogens is 2. The van der Waals surface area contributed by atoms with E-state index in [0.717, 1.165) is 0 Å². The fourth-order valence-electron chi connectivity index (χ4n) is 7.10. The molecule has 0 aromatic rings. The van der Waals surface area contributed by atoms with Crippen molar-refractivity contribution in [1.82, 2.24) is 0 Å². The monoisotopic (exact) mass is 861 g/mol. The standard InChI is InChI=1S/C23H50N.C22H48N.2H2O4S/c1-5-7-9-11-13-14-15-17-19-21-23-24(3,4)22-20-18-16-12-10-8-6-2;1-5-7-9-11-13-14-16-18-20-22-23(3,4)21-19-17-15-12-10-8-6-2;2*1-5(2,3)4/h5-23H2,1-4H3;5-22H2,1-4H3;2*(H2,1,2,3,4)/q2*+1;;/p-2. The SMILES string of the molecule is CCCCCCCCCCCC[N+](C)(C)CCCCCCCCC.CCCCCCCCCCC[N+](C)(C)CCCCCCCCC.O=S(=O)([O-])O.O=S(=O)([O-])O. The van der Waals surface area contributed by atoms with E-state index >= 15 is 0 Å². The van der Waals surface area contributed by atoms with Gasteiger partial charge in [0.25, 0.3) is 0 Å². The average Bonchev–Trinajstić information content (AvgIpc) is 3.10. The molecule has 0 atom stereocenters. The minimum absolute atomic E-state index is 1.24. The Balaban J connectivity index is -0.000000397. The Morgan fingerprint density at radius 2 is 0.404 bits per heavy atom. The lowest BCUT2D eigenvalue weighted by molar-refractivity contribution is -0.890. The van der Waals surface area contributed by atoms with E-state index < -0.39 is 20.8 Å². The van der Waals surface area contributed by atoms with Gasteiger partial charge < -0.3 is 18.1 Å². The number of unbranched alkanes of at least 4 members (excludes halogenated alkanes) is 29. The van der Waals surface area contributed by atoms with Crippen molar-refractivity contribution in [2.45, 2.75) is 240 Å². The van der Waals surface area contributed by atoms with E-state index in [1.54, 1.807) is 0 Å². The van der Waals surface area contributed by atoms with Crippen LogP contribution in [0.25, 0.3) is 0 Å². The van der Waals surface area contributed by atoms with E-state index in [2.05, 4.69) is 55.9 Å². The Morgan fingerprint density at radius 1 is 0.298 bits per heavy atom. The van der Waals surface area contributed by atoms with Gasteiger partial charge >= 0.3 is 0 Å². The summed E-state index contributed by atoms with van der Waals surface area (Å²) in [5.74, 6) is 0. The number of rotatable bonds is 37. The van der Waals surface area contributed by atoms with Crippen LogP contribution in [0.5, 0.6) is 0 Å². The zero-order valence-electron chi connectivity index (χ0n) is 39.2. The summed E-state index contributed by atoms with van der Waals surface area (Å²) in [5.41, 5.74) is 0. The molecule has 0 rings (SSSR count). The second kappa shape index (κ2) is 45.2. The van der Waals surface area contributed by atoms with Crippen molar-refractivity contribution in [2.24, 2.45) is 0 Å². The molecule has 0 aliphatic carbocycles. The van der Waals surface area contributed by atoms with E-state index in [-0.39, 0.29) is 0 Å². The summed E-state index contributed by atoms with van der Waals surface area (Å²) in [6, 6.07) is 0. The lowest BCUT2D eigenvalue weighted by atomic mass is 10.1. The first-order valence-corrected chi connectivity index (χ1v) is 26.5. The first kappa shape index (κ1) is 63.3. The third kappa shape index (κ3) is 80.4. The van der Waals surface area contributed by atoms with Gasteiger partial charge in [-0.2, -0.15) is 0 Å². The summed E-state index contributed by atoms with van der Waals surface area (Å²) in [5, 5.41) is 0. The normalized spacial score (nSPS) is 11.9. The molecule has 0 aliphatic rings. The summed E-state index contributed by atoms with van der Waals surface area (Å²) in [7, 11) is -0.0979. The van der Waals surface area contributed by atoms with Crippen molar-refractivity contribution < 1.29 is 44.0 Å². The molecule has 0 heterocycles. The van der Waals surface area contributed by atoms with Gasteiger partial charge in [0.2, 0.25) is 20.8 Å². The molecule has 0 aliphatic heterocycles. The highest BCUT2D eigenvalue weighted by atomic mass is 32.3. The van der Waals surface area contributed by atoms with E-state index in [1.165, 1.54) is 247 Å². The molecule has 0 amide bonds. The van der Waals surface area contributed by atoms with Gasteiger partial charge in [-0.15, -0.1) is 0 Å². The lowest BCUT2D eigenvalue weighted by Crippen LogP contribution is -2.41. The molecule has 0 aromatic carbocycles. The molecular formula is C45H100N2O8S2. The lowest BCUT2D eigenvalue weighted by Gasteiger charge is -2.30. The molecular weight excluding hydrogens is 761 g/mol. The quantitative estimate of drug-likeness (QED) is 0.0271. The molecule has 0 saturated carbocycles. The number of hydrogen-bond donors (Lipinski definition) is 2. The highest BCUT2D eigenvalue weighted by Crippen LogP contribution is 2.15. The molecule has 0 unspecified atom stereocenters. The molecule has 0 aromatic heterocycles. The molecule has 0 radical (unpaired) electrons. The summed E-state index contributed by atoms with van der Waals surface area (Å²) in [6.07, 6.45) is 47.6. The van der Waals surface area contributed by atoms with Crippen LogP contribution in [0.4, 0.5) is 0 Å². The third-order valence-electron chi connectivity index (χ3n) is 10.7. The van der Waals surface area contributed by atoms with Crippen LogP contribution in [0.3, 0.4) is 0 Å². The van der Waals surface area contributed by atoms with Crippen molar-refractivity contribution in [3.05, 3.63) is 0 Å². The van der Waals surface area contributed by atoms with Crippen LogP contribution in [-0.2, 0) is 20.8 Å². The van der Waals surface area contributed by atoms with Gasteiger partial charge in [-0.05, 0) is 51.4 Å². The van der Waals surface area contributed by atoms with E-state index in [4.69, 9.17) is 35.0 Å². The fourth-order valence-corrected chi connectivity index (χ4v) is 7.10. The van der Waals surface area contributed by atoms with E-state index in [1.807, 2.05) is 0 Å². The van der Waals surface area contributed by atoms with Crippen LogP contribution in [0.15, 0.2) is 0 Å². The van der Waals surface area contributed by atoms with Crippen LogP contribution in [0, 0.1) is 0 Å². The molecule has 350 valence electrons. The van der Waals surface area contributed by atoms with Gasteiger partial charge in [0.05, 0.1) is 54.4 Å². The smallest absolute Gasteiger partial charge is 0.215 e. The maximum absolute atomic E-state index is 8.63. The minimum atomic E-state index is -4.92. The molecule has 2 N–H and O–H groups in total. The second-order valence-corrected chi connectivity index (χ2v) is 19.6. The van der Waals surface area contributed by atoms with Gasteiger partial charge in [0, 0.05) is 0 Å². The maximum atomic E-state index is 8.63. The summed E-state index contributed by atoms with van der Waals surface area (Å²) < 4.78 is 68.2. The van der Waals surface area contributed by atoms with Crippen molar-refractivity contribution in [1.29, 1.82) is 0 Å². The van der Waals surface area contributed by atoms with Crippen molar-refractivity contribution in [2.75, 3.05) is 54.4 Å². The zero-order chi connectivity index (χ0) is 44.2. The van der Waals surface area contributed by atoms with E-state index in [9.17, 15) is 0 Å². The van der Waals surface area contributed by atoms with Gasteiger partial charge in [-0.3, -0.25) is 9.11 Å².